The first-order valence-electron chi connectivity index (χ1n) is 5.58. The number of nitrogens with one attached hydrogen (secondary N) is 1. The number of hydrogen-bond donors (Lipinski definition) is 2. The summed E-state index contributed by atoms with van der Waals surface area (Å²) >= 11 is 6.03. The van der Waals surface area contributed by atoms with Crippen molar-refractivity contribution in [2.45, 2.75) is 19.8 Å². The van der Waals surface area contributed by atoms with Gasteiger partial charge in [-0.05, 0) is 23.6 Å². The first-order chi connectivity index (χ1) is 8.45. The van der Waals surface area contributed by atoms with Crippen molar-refractivity contribution in [1.82, 2.24) is 4.98 Å². The Bertz CT molecular complexity index is 616. The number of carboxylic acid groups (broad SMARTS) is 1. The summed E-state index contributed by atoms with van der Waals surface area (Å²) in [4.78, 5) is 14.1. The molecule has 0 atom stereocenters. The fraction of sp³-hybridized carbons (Fsp3) is 0.308. The maximum atomic E-state index is 11.2. The fourth-order valence-electron chi connectivity index (χ4n) is 2.14. The van der Waals surface area contributed by atoms with Crippen molar-refractivity contribution < 1.29 is 14.6 Å². The number of carboxylic acids is 1. The van der Waals surface area contributed by atoms with E-state index in [4.69, 9.17) is 16.3 Å². The van der Waals surface area contributed by atoms with Crippen molar-refractivity contribution >= 4 is 28.5 Å². The van der Waals surface area contributed by atoms with Gasteiger partial charge in [-0.15, -0.1) is 0 Å². The summed E-state index contributed by atoms with van der Waals surface area (Å²) in [6.45, 7) is 3.91. The molecule has 1 aromatic carbocycles. The first kappa shape index (κ1) is 12.8. The van der Waals surface area contributed by atoms with Gasteiger partial charge in [0.05, 0.1) is 12.1 Å². The zero-order valence-electron chi connectivity index (χ0n) is 10.4. The molecule has 0 fully saturated rings. The second kappa shape index (κ2) is 4.53. The number of aromatic nitrogens is 1. The molecule has 0 radical (unpaired) electrons. The standard InChI is InChI=1S/C13H14ClNO3/c1-6(2)11-7-4-10(18-3)8(14)5-9(7)15-12(11)13(16)17/h4-6,15H,1-3H3,(H,16,17). The molecule has 0 amide bonds. The van der Waals surface area contributed by atoms with Crippen LogP contribution in [0.25, 0.3) is 10.9 Å². The predicted molar refractivity (Wildman–Crippen MR) is 70.9 cm³/mol. The lowest BCUT2D eigenvalue weighted by molar-refractivity contribution is 0.0690. The first-order valence-corrected chi connectivity index (χ1v) is 5.96. The molecule has 96 valence electrons. The van der Waals surface area contributed by atoms with E-state index in [-0.39, 0.29) is 11.6 Å². The van der Waals surface area contributed by atoms with Crippen LogP contribution in [0.5, 0.6) is 5.75 Å². The molecule has 2 N–H and O–H groups in total. The maximum Gasteiger partial charge on any atom is 0.352 e. The number of hydrogen-bond acceptors (Lipinski definition) is 2. The number of fused-ring (bicyclic) bond motifs is 1. The van der Waals surface area contributed by atoms with Crippen molar-refractivity contribution in [2.24, 2.45) is 0 Å². The third-order valence-corrected chi connectivity index (χ3v) is 3.20. The molecule has 18 heavy (non-hydrogen) atoms. The molecule has 1 heterocycles. The molecule has 0 aliphatic rings. The molecule has 4 nitrogen and oxygen atoms in total. The Kier molecular flexibility index (Phi) is 3.22. The number of halogens is 1. The molecule has 0 aliphatic carbocycles. The summed E-state index contributed by atoms with van der Waals surface area (Å²) in [5.41, 5.74) is 1.69. The van der Waals surface area contributed by atoms with Crippen LogP contribution in [-0.2, 0) is 0 Å². The number of aromatic carboxylic acids is 1. The Labute approximate surface area is 110 Å². The number of ether oxygens (including phenoxy) is 1. The molecule has 0 aliphatic heterocycles. The Morgan fingerprint density at radius 1 is 1.44 bits per heavy atom. The largest absolute Gasteiger partial charge is 0.495 e. The van der Waals surface area contributed by atoms with Crippen molar-refractivity contribution in [1.29, 1.82) is 0 Å². The summed E-state index contributed by atoms with van der Waals surface area (Å²) in [5.74, 6) is -0.331. The lowest BCUT2D eigenvalue weighted by atomic mass is 9.99. The minimum atomic E-state index is -0.968. The summed E-state index contributed by atoms with van der Waals surface area (Å²) in [6, 6.07) is 3.46. The number of rotatable bonds is 3. The van der Waals surface area contributed by atoms with Crippen molar-refractivity contribution in [3.8, 4) is 5.75 Å². The Balaban J connectivity index is 2.82. The smallest absolute Gasteiger partial charge is 0.352 e. The topological polar surface area (TPSA) is 62.3 Å². The van der Waals surface area contributed by atoms with Crippen LogP contribution in [-0.4, -0.2) is 23.2 Å². The van der Waals surface area contributed by atoms with E-state index in [0.29, 0.717) is 16.3 Å². The average molecular weight is 268 g/mol. The van der Waals surface area contributed by atoms with Crippen molar-refractivity contribution in [2.75, 3.05) is 7.11 Å². The van der Waals surface area contributed by atoms with E-state index in [0.717, 1.165) is 10.9 Å². The van der Waals surface area contributed by atoms with Crippen LogP contribution >= 0.6 is 11.6 Å². The molecular weight excluding hydrogens is 254 g/mol. The molecule has 0 saturated carbocycles. The van der Waals surface area contributed by atoms with Crippen LogP contribution in [0.15, 0.2) is 12.1 Å². The summed E-state index contributed by atoms with van der Waals surface area (Å²) in [7, 11) is 1.53. The van der Waals surface area contributed by atoms with Gasteiger partial charge in [0, 0.05) is 10.9 Å². The number of benzene rings is 1. The van der Waals surface area contributed by atoms with Crippen LogP contribution in [0.4, 0.5) is 0 Å². The zero-order chi connectivity index (χ0) is 13.4. The number of carbonyl (C=O) groups is 1. The molecule has 1 aromatic heterocycles. The molecule has 2 aromatic rings. The highest BCUT2D eigenvalue weighted by molar-refractivity contribution is 6.32. The van der Waals surface area contributed by atoms with Gasteiger partial charge in [-0.1, -0.05) is 25.4 Å². The van der Waals surface area contributed by atoms with Crippen molar-refractivity contribution in [3.05, 3.63) is 28.4 Å². The minimum Gasteiger partial charge on any atom is -0.495 e. The third-order valence-electron chi connectivity index (χ3n) is 2.90. The van der Waals surface area contributed by atoms with Crippen LogP contribution in [0.1, 0.15) is 35.8 Å². The van der Waals surface area contributed by atoms with E-state index in [1.54, 1.807) is 12.1 Å². The van der Waals surface area contributed by atoms with E-state index in [2.05, 4.69) is 4.98 Å². The fourth-order valence-corrected chi connectivity index (χ4v) is 2.38. The maximum absolute atomic E-state index is 11.2. The monoisotopic (exact) mass is 267 g/mol. The molecular formula is C13H14ClNO3. The van der Waals surface area contributed by atoms with Gasteiger partial charge in [0.2, 0.25) is 0 Å². The number of aromatic amines is 1. The van der Waals surface area contributed by atoms with E-state index in [1.807, 2.05) is 13.8 Å². The van der Waals surface area contributed by atoms with E-state index >= 15 is 0 Å². The Hall–Kier alpha value is -1.68. The second-order valence-electron chi connectivity index (χ2n) is 4.41. The van der Waals surface area contributed by atoms with E-state index < -0.39 is 5.97 Å². The van der Waals surface area contributed by atoms with Crippen LogP contribution in [0, 0.1) is 0 Å². The van der Waals surface area contributed by atoms with Gasteiger partial charge < -0.3 is 14.8 Å². The molecule has 2 rings (SSSR count). The second-order valence-corrected chi connectivity index (χ2v) is 4.81. The van der Waals surface area contributed by atoms with Crippen LogP contribution in [0.2, 0.25) is 5.02 Å². The summed E-state index contributed by atoms with van der Waals surface area (Å²) in [6.07, 6.45) is 0. The molecule has 0 spiro atoms. The van der Waals surface area contributed by atoms with Gasteiger partial charge in [-0.25, -0.2) is 4.79 Å². The lowest BCUT2D eigenvalue weighted by Gasteiger charge is -2.07. The summed E-state index contributed by atoms with van der Waals surface area (Å²) in [5, 5.41) is 10.5. The number of methoxy groups -OCH3 is 1. The van der Waals surface area contributed by atoms with Gasteiger partial charge in [-0.3, -0.25) is 0 Å². The number of H-pyrrole nitrogens is 1. The zero-order valence-corrected chi connectivity index (χ0v) is 11.1. The van der Waals surface area contributed by atoms with Gasteiger partial charge in [0.25, 0.3) is 0 Å². The third kappa shape index (κ3) is 1.93. The van der Waals surface area contributed by atoms with Crippen LogP contribution in [0.3, 0.4) is 0 Å². The molecule has 0 saturated heterocycles. The van der Waals surface area contributed by atoms with E-state index in [1.165, 1.54) is 7.11 Å². The molecule has 5 heteroatoms. The summed E-state index contributed by atoms with van der Waals surface area (Å²) < 4.78 is 5.16. The highest BCUT2D eigenvalue weighted by atomic mass is 35.5. The SMILES string of the molecule is COc1cc2c(C(C)C)c(C(=O)O)[nH]c2cc1Cl. The van der Waals surface area contributed by atoms with Gasteiger partial charge >= 0.3 is 5.97 Å². The van der Waals surface area contributed by atoms with Gasteiger partial charge in [-0.2, -0.15) is 0 Å². The van der Waals surface area contributed by atoms with Gasteiger partial charge in [0.1, 0.15) is 11.4 Å². The highest BCUT2D eigenvalue weighted by Crippen LogP contribution is 2.35. The van der Waals surface area contributed by atoms with Gasteiger partial charge in [0.15, 0.2) is 0 Å². The minimum absolute atomic E-state index is 0.0933. The van der Waals surface area contributed by atoms with Crippen molar-refractivity contribution in [3.63, 3.8) is 0 Å². The predicted octanol–water partition coefficient (Wildman–Crippen LogP) is 3.65. The Morgan fingerprint density at radius 3 is 2.61 bits per heavy atom. The quantitative estimate of drug-likeness (QED) is 0.892. The highest BCUT2D eigenvalue weighted by Gasteiger charge is 2.20. The lowest BCUT2D eigenvalue weighted by Crippen LogP contribution is -2.02. The Morgan fingerprint density at radius 2 is 2.11 bits per heavy atom. The molecule has 0 bridgehead atoms. The molecule has 0 unspecified atom stereocenters. The average Bonchev–Trinajstić information content (AvgIpc) is 2.66. The van der Waals surface area contributed by atoms with E-state index in [9.17, 15) is 9.90 Å². The normalized spacial score (nSPS) is 11.2. The van der Waals surface area contributed by atoms with Crippen LogP contribution < -0.4 is 4.74 Å².